The second-order valence-corrected chi connectivity index (χ2v) is 4.85. The first kappa shape index (κ1) is 15.7. The Morgan fingerprint density at radius 3 is 2.53 bits per heavy atom. The molecule has 1 aliphatic heterocycles. The summed E-state index contributed by atoms with van der Waals surface area (Å²) in [5, 5.41) is 10.9. The van der Waals surface area contributed by atoms with Crippen molar-refractivity contribution in [2.45, 2.75) is 37.9 Å². The lowest BCUT2D eigenvalue weighted by Gasteiger charge is -2.41. The van der Waals surface area contributed by atoms with Crippen LogP contribution in [0.1, 0.15) is 26.2 Å². The molecule has 1 aliphatic rings. The van der Waals surface area contributed by atoms with Gasteiger partial charge in [0.15, 0.2) is 0 Å². The van der Waals surface area contributed by atoms with Gasteiger partial charge < -0.3 is 10.4 Å². The molecule has 8 heteroatoms. The van der Waals surface area contributed by atoms with Crippen LogP contribution < -0.4 is 5.32 Å². The van der Waals surface area contributed by atoms with Gasteiger partial charge in [0.1, 0.15) is 12.1 Å². The van der Waals surface area contributed by atoms with E-state index in [-0.39, 0.29) is 6.54 Å². The quantitative estimate of drug-likeness (QED) is 0.807. The fourth-order valence-corrected chi connectivity index (χ4v) is 2.10. The SMILES string of the molecule is CC1(C(=O)O)CCCCN1CC(=O)NCC(F)(F)F. The summed E-state index contributed by atoms with van der Waals surface area (Å²) in [6.45, 7) is 0.149. The van der Waals surface area contributed by atoms with Gasteiger partial charge in [0.25, 0.3) is 0 Å². The molecule has 0 saturated carbocycles. The highest BCUT2D eigenvalue weighted by molar-refractivity contribution is 5.82. The smallest absolute Gasteiger partial charge is 0.405 e. The van der Waals surface area contributed by atoms with Crippen LogP contribution in [0.15, 0.2) is 0 Å². The van der Waals surface area contributed by atoms with Crippen molar-refractivity contribution >= 4 is 11.9 Å². The van der Waals surface area contributed by atoms with Crippen molar-refractivity contribution in [2.75, 3.05) is 19.6 Å². The zero-order valence-corrected chi connectivity index (χ0v) is 10.6. The van der Waals surface area contributed by atoms with Crippen LogP contribution in [0, 0.1) is 0 Å². The van der Waals surface area contributed by atoms with Crippen molar-refractivity contribution in [3.8, 4) is 0 Å². The van der Waals surface area contributed by atoms with Crippen LogP contribution in [-0.4, -0.2) is 53.2 Å². The van der Waals surface area contributed by atoms with E-state index in [9.17, 15) is 27.9 Å². The molecule has 1 amide bonds. The van der Waals surface area contributed by atoms with Gasteiger partial charge in [-0.2, -0.15) is 13.2 Å². The van der Waals surface area contributed by atoms with Crippen LogP contribution in [0.25, 0.3) is 0 Å². The van der Waals surface area contributed by atoms with Gasteiger partial charge >= 0.3 is 12.1 Å². The second kappa shape index (κ2) is 5.77. The van der Waals surface area contributed by atoms with E-state index >= 15 is 0 Å². The monoisotopic (exact) mass is 282 g/mol. The Morgan fingerprint density at radius 1 is 1.37 bits per heavy atom. The number of carboxylic acids is 1. The van der Waals surface area contributed by atoms with E-state index in [2.05, 4.69) is 0 Å². The molecule has 1 saturated heterocycles. The standard InChI is InChI=1S/C11H17F3N2O3/c1-10(9(18)19)4-2-3-5-16(10)6-8(17)15-7-11(12,13)14/h2-7H2,1H3,(H,15,17)(H,18,19). The van der Waals surface area contributed by atoms with E-state index in [4.69, 9.17) is 0 Å². The Morgan fingerprint density at radius 2 is 2.00 bits per heavy atom. The van der Waals surface area contributed by atoms with Gasteiger partial charge in [0, 0.05) is 0 Å². The molecule has 1 rings (SSSR count). The largest absolute Gasteiger partial charge is 0.480 e. The summed E-state index contributed by atoms with van der Waals surface area (Å²) >= 11 is 0. The van der Waals surface area contributed by atoms with Crippen LogP contribution in [0.3, 0.4) is 0 Å². The Labute approximate surface area is 108 Å². The third kappa shape index (κ3) is 4.38. The van der Waals surface area contributed by atoms with Crippen LogP contribution in [0.4, 0.5) is 13.2 Å². The number of carbonyl (C=O) groups is 2. The topological polar surface area (TPSA) is 69.6 Å². The normalized spacial score (nSPS) is 25.1. The third-order valence-electron chi connectivity index (χ3n) is 3.32. The van der Waals surface area contributed by atoms with Crippen LogP contribution in [0.2, 0.25) is 0 Å². The minimum absolute atomic E-state index is 0.334. The molecule has 110 valence electrons. The molecule has 2 N–H and O–H groups in total. The van der Waals surface area contributed by atoms with E-state index < -0.39 is 30.1 Å². The molecular formula is C11H17F3N2O3. The third-order valence-corrected chi connectivity index (χ3v) is 3.32. The first-order valence-corrected chi connectivity index (χ1v) is 5.97. The molecule has 1 atom stereocenters. The summed E-state index contributed by atoms with van der Waals surface area (Å²) in [7, 11) is 0. The molecule has 0 aromatic heterocycles. The fraction of sp³-hybridized carbons (Fsp3) is 0.818. The number of carboxylic acid groups (broad SMARTS) is 1. The van der Waals surface area contributed by atoms with Gasteiger partial charge in [-0.15, -0.1) is 0 Å². The van der Waals surface area contributed by atoms with Crippen molar-refractivity contribution in [3.63, 3.8) is 0 Å². The summed E-state index contributed by atoms with van der Waals surface area (Å²) in [4.78, 5) is 24.1. The molecule has 1 heterocycles. The number of halogens is 3. The summed E-state index contributed by atoms with van der Waals surface area (Å²) < 4.78 is 35.9. The number of nitrogens with zero attached hydrogens (tertiary/aromatic N) is 1. The average Bonchev–Trinajstić information content (AvgIpc) is 2.28. The molecule has 19 heavy (non-hydrogen) atoms. The van der Waals surface area contributed by atoms with Crippen molar-refractivity contribution in [1.29, 1.82) is 0 Å². The minimum atomic E-state index is -4.46. The Balaban J connectivity index is 2.58. The molecular weight excluding hydrogens is 265 g/mol. The zero-order chi connectivity index (χ0) is 14.7. The maximum absolute atomic E-state index is 12.0. The van der Waals surface area contributed by atoms with E-state index in [1.807, 2.05) is 0 Å². The Hall–Kier alpha value is -1.31. The average molecular weight is 282 g/mol. The van der Waals surface area contributed by atoms with Crippen molar-refractivity contribution in [1.82, 2.24) is 10.2 Å². The molecule has 0 aliphatic carbocycles. The van der Waals surface area contributed by atoms with Gasteiger partial charge in [0.2, 0.25) is 5.91 Å². The molecule has 0 bridgehead atoms. The number of amides is 1. The summed E-state index contributed by atoms with van der Waals surface area (Å²) in [6.07, 6.45) is -2.62. The first-order chi connectivity index (χ1) is 8.65. The second-order valence-electron chi connectivity index (χ2n) is 4.85. The van der Waals surface area contributed by atoms with Gasteiger partial charge in [-0.1, -0.05) is 0 Å². The van der Waals surface area contributed by atoms with E-state index in [0.29, 0.717) is 13.0 Å². The lowest BCUT2D eigenvalue weighted by Crippen LogP contribution is -2.57. The summed E-state index contributed by atoms with van der Waals surface area (Å²) in [5.41, 5.74) is -1.19. The lowest BCUT2D eigenvalue weighted by atomic mass is 9.88. The maximum atomic E-state index is 12.0. The van der Waals surface area contributed by atoms with Crippen LogP contribution in [0.5, 0.6) is 0 Å². The van der Waals surface area contributed by atoms with Gasteiger partial charge in [-0.25, -0.2) is 0 Å². The minimum Gasteiger partial charge on any atom is -0.480 e. The Bertz CT molecular complexity index is 360. The predicted octanol–water partition coefficient (Wildman–Crippen LogP) is 0.994. The number of piperidine rings is 1. The molecule has 0 aromatic carbocycles. The number of carbonyl (C=O) groups excluding carboxylic acids is 1. The number of nitrogens with one attached hydrogen (secondary N) is 1. The van der Waals surface area contributed by atoms with Gasteiger partial charge in [-0.05, 0) is 32.7 Å². The number of hydrogen-bond acceptors (Lipinski definition) is 3. The Kier molecular flexibility index (Phi) is 4.78. The maximum Gasteiger partial charge on any atom is 0.405 e. The highest BCUT2D eigenvalue weighted by atomic mass is 19.4. The van der Waals surface area contributed by atoms with E-state index in [1.54, 1.807) is 5.32 Å². The molecule has 1 unspecified atom stereocenters. The van der Waals surface area contributed by atoms with Gasteiger partial charge in [-0.3, -0.25) is 14.5 Å². The number of aliphatic carboxylic acids is 1. The number of rotatable bonds is 4. The van der Waals surface area contributed by atoms with Crippen molar-refractivity contribution in [3.05, 3.63) is 0 Å². The summed E-state index contributed by atoms with van der Waals surface area (Å²) in [6, 6.07) is 0. The molecule has 0 aromatic rings. The molecule has 0 radical (unpaired) electrons. The summed E-state index contributed by atoms with van der Waals surface area (Å²) in [5.74, 6) is -1.87. The zero-order valence-electron chi connectivity index (χ0n) is 10.6. The number of hydrogen-bond donors (Lipinski definition) is 2. The predicted molar refractivity (Wildman–Crippen MR) is 60.5 cm³/mol. The number of alkyl halides is 3. The van der Waals surface area contributed by atoms with Crippen molar-refractivity contribution in [2.24, 2.45) is 0 Å². The number of likely N-dealkylation sites (tertiary alicyclic amines) is 1. The van der Waals surface area contributed by atoms with Crippen molar-refractivity contribution < 1.29 is 27.9 Å². The highest BCUT2D eigenvalue weighted by Crippen LogP contribution is 2.27. The first-order valence-electron chi connectivity index (χ1n) is 5.97. The molecule has 5 nitrogen and oxygen atoms in total. The highest BCUT2D eigenvalue weighted by Gasteiger charge is 2.42. The lowest BCUT2D eigenvalue weighted by molar-refractivity contribution is -0.154. The van der Waals surface area contributed by atoms with Crippen LogP contribution in [-0.2, 0) is 9.59 Å². The van der Waals surface area contributed by atoms with Gasteiger partial charge in [0.05, 0.1) is 6.54 Å². The van der Waals surface area contributed by atoms with Crippen LogP contribution >= 0.6 is 0 Å². The van der Waals surface area contributed by atoms with E-state index in [0.717, 1.165) is 12.8 Å². The molecule has 1 fully saturated rings. The molecule has 0 spiro atoms. The fourth-order valence-electron chi connectivity index (χ4n) is 2.10. The van der Waals surface area contributed by atoms with E-state index in [1.165, 1.54) is 11.8 Å².